The topological polar surface area (TPSA) is 109 Å². The van der Waals surface area contributed by atoms with Gasteiger partial charge in [0.05, 0.1) is 0 Å². The van der Waals surface area contributed by atoms with Crippen LogP contribution in [0.2, 0.25) is 0 Å². The minimum absolute atomic E-state index is 0.277. The Balaban J connectivity index is 1.45. The lowest BCUT2D eigenvalue weighted by atomic mass is 9.79. The zero-order valence-electron chi connectivity index (χ0n) is 16.4. The zero-order chi connectivity index (χ0) is 19.5. The van der Waals surface area contributed by atoms with Crippen molar-refractivity contribution in [1.82, 2.24) is 15.2 Å². The third kappa shape index (κ3) is 4.42. The van der Waals surface area contributed by atoms with Crippen LogP contribution in [0, 0.1) is 5.92 Å². The summed E-state index contributed by atoms with van der Waals surface area (Å²) in [6.45, 7) is 2.35. The fourth-order valence-electron chi connectivity index (χ4n) is 4.00. The molecular weight excluding hydrogens is 352 g/mol. The summed E-state index contributed by atoms with van der Waals surface area (Å²) in [5.41, 5.74) is 8.21. The summed E-state index contributed by atoms with van der Waals surface area (Å²) in [6.07, 6.45) is 7.38. The molecule has 1 atom stereocenters. The van der Waals surface area contributed by atoms with E-state index in [0.717, 1.165) is 24.4 Å². The van der Waals surface area contributed by atoms with Crippen molar-refractivity contribution < 1.29 is 5.11 Å². The molecule has 1 unspecified atom stereocenters. The van der Waals surface area contributed by atoms with E-state index in [4.69, 9.17) is 5.73 Å². The first-order valence-electron chi connectivity index (χ1n) is 10.4. The number of aliphatic hydroxyl groups excluding tert-OH is 1. The number of nitrogens with one attached hydrogen (secondary N) is 2. The summed E-state index contributed by atoms with van der Waals surface area (Å²) in [5.74, 6) is 2.43. The van der Waals surface area contributed by atoms with E-state index in [1.807, 2.05) is 0 Å². The molecule has 1 aromatic heterocycles. The van der Waals surface area contributed by atoms with Crippen LogP contribution in [0.25, 0.3) is 0 Å². The van der Waals surface area contributed by atoms with Gasteiger partial charge in [0.1, 0.15) is 5.69 Å². The Bertz CT molecular complexity index is 782. The van der Waals surface area contributed by atoms with E-state index in [1.165, 1.54) is 37.7 Å². The molecule has 4 rings (SSSR count). The van der Waals surface area contributed by atoms with Crippen LogP contribution in [-0.4, -0.2) is 26.3 Å². The third-order valence-corrected chi connectivity index (χ3v) is 6.09. The fourth-order valence-corrected chi connectivity index (χ4v) is 4.00. The first-order valence-corrected chi connectivity index (χ1v) is 10.4. The number of anilines is 3. The molecule has 5 N–H and O–H groups in total. The molecule has 2 aromatic rings. The zero-order valence-corrected chi connectivity index (χ0v) is 16.4. The van der Waals surface area contributed by atoms with Crippen molar-refractivity contribution >= 4 is 17.5 Å². The maximum atomic E-state index is 9.73. The molecule has 1 aromatic carbocycles. The highest BCUT2D eigenvalue weighted by molar-refractivity contribution is 5.56. The van der Waals surface area contributed by atoms with Gasteiger partial charge in [-0.1, -0.05) is 31.9 Å². The predicted molar refractivity (Wildman–Crippen MR) is 110 cm³/mol. The number of rotatable bonds is 6. The quantitative estimate of drug-likeness (QED) is 0.562. The van der Waals surface area contributed by atoms with Gasteiger partial charge in [-0.25, -0.2) is 0 Å². The van der Waals surface area contributed by atoms with Gasteiger partial charge in [0, 0.05) is 11.7 Å². The number of nitrogens with zero attached hydrogens (tertiary/aromatic N) is 3. The number of aromatic nitrogens is 3. The molecule has 7 nitrogen and oxygen atoms in total. The van der Waals surface area contributed by atoms with Gasteiger partial charge in [-0.3, -0.25) is 0 Å². The lowest BCUT2D eigenvalue weighted by Crippen LogP contribution is -2.29. The second kappa shape index (κ2) is 8.41. The van der Waals surface area contributed by atoms with Crippen molar-refractivity contribution in [2.75, 3.05) is 10.6 Å². The Hall–Kier alpha value is -2.25. The highest BCUT2D eigenvalue weighted by Crippen LogP contribution is 2.36. The molecule has 28 heavy (non-hydrogen) atoms. The molecule has 2 fully saturated rings. The molecular formula is C21H30N6O. The van der Waals surface area contributed by atoms with E-state index in [2.05, 4.69) is 57.0 Å². The van der Waals surface area contributed by atoms with Crippen LogP contribution in [0.5, 0.6) is 0 Å². The van der Waals surface area contributed by atoms with E-state index in [0.29, 0.717) is 23.7 Å². The molecule has 1 heterocycles. The van der Waals surface area contributed by atoms with Crippen LogP contribution in [0.4, 0.5) is 17.5 Å². The Morgan fingerprint density at radius 1 is 1.04 bits per heavy atom. The van der Waals surface area contributed by atoms with Gasteiger partial charge in [0.25, 0.3) is 0 Å². The van der Waals surface area contributed by atoms with Gasteiger partial charge < -0.3 is 21.5 Å². The Morgan fingerprint density at radius 3 is 2.36 bits per heavy atom. The summed E-state index contributed by atoms with van der Waals surface area (Å²) in [4.78, 5) is 4.50. The van der Waals surface area contributed by atoms with Crippen LogP contribution in [0.1, 0.15) is 75.3 Å². The van der Waals surface area contributed by atoms with E-state index in [-0.39, 0.29) is 5.69 Å². The largest absolute Gasteiger partial charge is 0.373 e. The number of hydrogen-bond acceptors (Lipinski definition) is 7. The van der Waals surface area contributed by atoms with Gasteiger partial charge in [0.2, 0.25) is 5.95 Å². The molecule has 0 amide bonds. The second-order valence-corrected chi connectivity index (χ2v) is 8.29. The monoisotopic (exact) mass is 382 g/mol. The van der Waals surface area contributed by atoms with E-state index in [9.17, 15) is 5.11 Å². The normalized spacial score (nSPS) is 23.7. The molecule has 0 bridgehead atoms. The van der Waals surface area contributed by atoms with Gasteiger partial charge >= 0.3 is 0 Å². The van der Waals surface area contributed by atoms with Crippen molar-refractivity contribution in [3.63, 3.8) is 0 Å². The summed E-state index contributed by atoms with van der Waals surface area (Å²) < 4.78 is 0. The predicted octanol–water partition coefficient (Wildman–Crippen LogP) is 3.82. The van der Waals surface area contributed by atoms with Crippen LogP contribution in [-0.2, 0) is 0 Å². The lowest BCUT2D eigenvalue weighted by molar-refractivity contribution is 0.180. The van der Waals surface area contributed by atoms with Crippen molar-refractivity contribution in [3.05, 3.63) is 35.5 Å². The SMILES string of the molecule is CC1CCC(c2ccc(Nc3nnc(C(N)O)c(NC4CCC4)n3)cc2)CC1. The first kappa shape index (κ1) is 19.1. The molecule has 0 saturated heterocycles. The van der Waals surface area contributed by atoms with Crippen LogP contribution < -0.4 is 16.4 Å². The maximum Gasteiger partial charge on any atom is 0.249 e. The van der Waals surface area contributed by atoms with E-state index < -0.39 is 6.23 Å². The van der Waals surface area contributed by atoms with Crippen molar-refractivity contribution in [2.24, 2.45) is 11.7 Å². The average molecular weight is 383 g/mol. The number of hydrogen-bond donors (Lipinski definition) is 4. The van der Waals surface area contributed by atoms with Crippen LogP contribution in [0.3, 0.4) is 0 Å². The lowest BCUT2D eigenvalue weighted by Gasteiger charge is -2.28. The summed E-state index contributed by atoms with van der Waals surface area (Å²) in [7, 11) is 0. The number of aliphatic hydroxyl groups is 1. The van der Waals surface area contributed by atoms with Crippen LogP contribution >= 0.6 is 0 Å². The maximum absolute atomic E-state index is 9.73. The second-order valence-electron chi connectivity index (χ2n) is 8.29. The molecule has 2 aliphatic rings. The van der Waals surface area contributed by atoms with Crippen LogP contribution in [0.15, 0.2) is 24.3 Å². The number of nitrogens with two attached hydrogens (primary N) is 1. The summed E-state index contributed by atoms with van der Waals surface area (Å²) in [5, 5.41) is 24.4. The minimum Gasteiger partial charge on any atom is -0.373 e. The smallest absolute Gasteiger partial charge is 0.249 e. The molecule has 0 aliphatic heterocycles. The summed E-state index contributed by atoms with van der Waals surface area (Å²) in [6, 6.07) is 8.90. The van der Waals surface area contributed by atoms with Gasteiger partial charge in [-0.15, -0.1) is 10.2 Å². The summed E-state index contributed by atoms with van der Waals surface area (Å²) >= 11 is 0. The van der Waals surface area contributed by atoms with Gasteiger partial charge in [-0.05, 0) is 61.6 Å². The third-order valence-electron chi connectivity index (χ3n) is 6.09. The van der Waals surface area contributed by atoms with E-state index >= 15 is 0 Å². The van der Waals surface area contributed by atoms with Crippen molar-refractivity contribution in [1.29, 1.82) is 0 Å². The van der Waals surface area contributed by atoms with Gasteiger partial charge in [0.15, 0.2) is 12.0 Å². The highest BCUT2D eigenvalue weighted by Gasteiger charge is 2.22. The Morgan fingerprint density at radius 2 is 1.75 bits per heavy atom. The first-order chi connectivity index (χ1) is 13.6. The standard InChI is InChI=1S/C21H30N6O/c1-13-5-7-14(8-6-13)15-9-11-17(12-10-15)24-21-25-20(23-16-3-2-4-16)18(19(22)28)26-27-21/h9-14,16,19,28H,2-8,22H2,1H3,(H2,23,24,25,27). The Kier molecular flexibility index (Phi) is 5.73. The molecule has 0 spiro atoms. The molecule has 7 heteroatoms. The van der Waals surface area contributed by atoms with Crippen molar-refractivity contribution in [2.45, 2.75) is 70.1 Å². The van der Waals surface area contributed by atoms with Gasteiger partial charge in [-0.2, -0.15) is 4.98 Å². The number of benzene rings is 1. The minimum atomic E-state index is -1.20. The molecule has 0 radical (unpaired) electrons. The highest BCUT2D eigenvalue weighted by atomic mass is 16.3. The average Bonchev–Trinajstić information content (AvgIpc) is 2.66. The molecule has 2 saturated carbocycles. The molecule has 2 aliphatic carbocycles. The van der Waals surface area contributed by atoms with Crippen molar-refractivity contribution in [3.8, 4) is 0 Å². The Labute approximate surface area is 166 Å². The fraction of sp³-hybridized carbons (Fsp3) is 0.571. The van der Waals surface area contributed by atoms with E-state index in [1.54, 1.807) is 0 Å². The molecule has 150 valence electrons.